The zero-order valence-electron chi connectivity index (χ0n) is 31.7. The predicted octanol–water partition coefficient (Wildman–Crippen LogP) is 9.52. The fraction of sp³-hybridized carbons (Fsp3) is 0.775. The summed E-state index contributed by atoms with van der Waals surface area (Å²) in [6.07, 6.45) is 39.5. The third-order valence-corrected chi connectivity index (χ3v) is 9.49. The standard InChI is InChI=1S/C40H75N2O7P/c1-3-5-7-9-11-13-14-15-16-17-18-19-20-21-22-24-25-27-29-31-37(43)35-40(45)42-38(36-49-50(46,47)48-34-33-41)39(44)32-30-28-26-23-12-10-8-6-4-2/h4,6,12,19-20,23,30,32,37-39,43-44H,3,5,7-11,13-18,21-22,24-29,31,33-36,41H2,1-2H3,(H,42,45)(H,46,47)/b6-4+,20-19-,23-12+,32-30+. The number of carbonyl (C=O) groups excluding carboxylic acids is 1. The second kappa shape index (κ2) is 35.8. The van der Waals surface area contributed by atoms with Crippen molar-refractivity contribution in [3.63, 3.8) is 0 Å². The summed E-state index contributed by atoms with van der Waals surface area (Å²) in [7, 11) is -4.40. The number of rotatable bonds is 36. The van der Waals surface area contributed by atoms with Gasteiger partial charge in [0.05, 0.1) is 37.9 Å². The summed E-state index contributed by atoms with van der Waals surface area (Å²) < 4.78 is 21.9. The number of nitrogens with one attached hydrogen (secondary N) is 1. The summed E-state index contributed by atoms with van der Waals surface area (Å²) in [5.74, 6) is -0.470. The Morgan fingerprint density at radius 3 is 1.78 bits per heavy atom. The number of amides is 1. The van der Waals surface area contributed by atoms with Gasteiger partial charge >= 0.3 is 7.82 Å². The monoisotopic (exact) mass is 727 g/mol. The molecule has 4 atom stereocenters. The van der Waals surface area contributed by atoms with Gasteiger partial charge in [-0.15, -0.1) is 0 Å². The van der Waals surface area contributed by atoms with Gasteiger partial charge in [0, 0.05) is 6.54 Å². The van der Waals surface area contributed by atoms with E-state index >= 15 is 0 Å². The molecule has 0 bridgehead atoms. The zero-order valence-corrected chi connectivity index (χ0v) is 32.6. The van der Waals surface area contributed by atoms with Crippen molar-refractivity contribution < 1.29 is 33.5 Å². The molecule has 0 aromatic carbocycles. The summed E-state index contributed by atoms with van der Waals surface area (Å²) in [5, 5.41) is 23.8. The molecule has 0 rings (SSSR count). The number of phosphoric ester groups is 1. The number of aliphatic hydroxyl groups is 2. The van der Waals surface area contributed by atoms with Gasteiger partial charge in [0.2, 0.25) is 5.91 Å². The highest BCUT2D eigenvalue weighted by atomic mass is 31.2. The number of phosphoric acid groups is 1. The maximum atomic E-state index is 12.7. The highest BCUT2D eigenvalue weighted by Gasteiger charge is 2.27. The van der Waals surface area contributed by atoms with Crippen molar-refractivity contribution in [3.8, 4) is 0 Å². The topological polar surface area (TPSA) is 151 Å². The molecule has 6 N–H and O–H groups in total. The molecule has 9 nitrogen and oxygen atoms in total. The van der Waals surface area contributed by atoms with Crippen molar-refractivity contribution in [1.82, 2.24) is 5.32 Å². The number of nitrogens with two attached hydrogens (primary N) is 1. The molecular formula is C40H75N2O7P. The average Bonchev–Trinajstić information content (AvgIpc) is 3.09. The molecule has 10 heteroatoms. The fourth-order valence-electron chi connectivity index (χ4n) is 5.50. The van der Waals surface area contributed by atoms with Crippen molar-refractivity contribution >= 4 is 13.7 Å². The van der Waals surface area contributed by atoms with E-state index in [-0.39, 0.29) is 19.6 Å². The lowest BCUT2D eigenvalue weighted by Crippen LogP contribution is -2.46. The highest BCUT2D eigenvalue weighted by Crippen LogP contribution is 2.43. The second-order valence-electron chi connectivity index (χ2n) is 13.3. The number of unbranched alkanes of at least 4 members (excludes halogenated alkanes) is 17. The third-order valence-electron chi connectivity index (χ3n) is 8.50. The Balaban J connectivity index is 4.28. The summed E-state index contributed by atoms with van der Waals surface area (Å²) >= 11 is 0. The second-order valence-corrected chi connectivity index (χ2v) is 14.8. The largest absolute Gasteiger partial charge is 0.472 e. The Bertz CT molecular complexity index is 941. The normalized spacial score (nSPS) is 15.4. The lowest BCUT2D eigenvalue weighted by molar-refractivity contribution is -0.124. The van der Waals surface area contributed by atoms with E-state index in [1.54, 1.807) is 6.08 Å². The first kappa shape index (κ1) is 48.4. The summed E-state index contributed by atoms with van der Waals surface area (Å²) in [6.45, 7) is 3.68. The molecule has 4 unspecified atom stereocenters. The van der Waals surface area contributed by atoms with Gasteiger partial charge in [-0.3, -0.25) is 13.8 Å². The molecule has 0 fully saturated rings. The van der Waals surface area contributed by atoms with Crippen LogP contribution in [0.1, 0.15) is 162 Å². The van der Waals surface area contributed by atoms with Crippen molar-refractivity contribution in [3.05, 3.63) is 48.6 Å². The van der Waals surface area contributed by atoms with Crippen LogP contribution in [0, 0.1) is 0 Å². The molecule has 0 aromatic rings. The summed E-state index contributed by atoms with van der Waals surface area (Å²) in [4.78, 5) is 22.6. The maximum Gasteiger partial charge on any atom is 0.472 e. The van der Waals surface area contributed by atoms with Crippen LogP contribution in [0.15, 0.2) is 48.6 Å². The number of hydrogen-bond donors (Lipinski definition) is 5. The molecule has 0 radical (unpaired) electrons. The number of aliphatic hydroxyl groups excluding tert-OH is 2. The number of hydrogen-bond acceptors (Lipinski definition) is 7. The molecule has 0 saturated carbocycles. The molecule has 0 heterocycles. The van der Waals surface area contributed by atoms with Crippen LogP contribution in [0.25, 0.3) is 0 Å². The van der Waals surface area contributed by atoms with Crippen molar-refractivity contribution in [2.75, 3.05) is 19.8 Å². The van der Waals surface area contributed by atoms with Gasteiger partial charge in [-0.05, 0) is 64.7 Å². The number of carbonyl (C=O) groups is 1. The predicted molar refractivity (Wildman–Crippen MR) is 209 cm³/mol. The van der Waals surface area contributed by atoms with Crippen molar-refractivity contribution in [2.24, 2.45) is 5.73 Å². The first-order valence-electron chi connectivity index (χ1n) is 19.8. The minimum absolute atomic E-state index is 0.0396. The van der Waals surface area contributed by atoms with E-state index < -0.39 is 38.6 Å². The van der Waals surface area contributed by atoms with E-state index in [1.807, 2.05) is 13.0 Å². The van der Waals surface area contributed by atoms with E-state index in [2.05, 4.69) is 42.6 Å². The Morgan fingerprint density at radius 2 is 1.22 bits per heavy atom. The lowest BCUT2D eigenvalue weighted by Gasteiger charge is -2.24. The molecule has 0 aliphatic carbocycles. The first-order valence-corrected chi connectivity index (χ1v) is 21.3. The van der Waals surface area contributed by atoms with Crippen LogP contribution < -0.4 is 11.1 Å². The van der Waals surface area contributed by atoms with Crippen molar-refractivity contribution in [1.29, 1.82) is 0 Å². The summed E-state index contributed by atoms with van der Waals surface area (Å²) in [6, 6.07) is -1.01. The smallest absolute Gasteiger partial charge is 0.393 e. The van der Waals surface area contributed by atoms with Gasteiger partial charge < -0.3 is 26.2 Å². The maximum absolute atomic E-state index is 12.7. The molecule has 50 heavy (non-hydrogen) atoms. The van der Waals surface area contributed by atoms with E-state index in [4.69, 9.17) is 14.8 Å². The molecule has 0 aliphatic rings. The van der Waals surface area contributed by atoms with Crippen LogP contribution in [-0.2, 0) is 18.4 Å². The van der Waals surface area contributed by atoms with Crippen LogP contribution in [0.5, 0.6) is 0 Å². The van der Waals surface area contributed by atoms with Crippen LogP contribution in [0.2, 0.25) is 0 Å². The van der Waals surface area contributed by atoms with Crippen LogP contribution >= 0.6 is 7.82 Å². The van der Waals surface area contributed by atoms with Gasteiger partial charge in [0.1, 0.15) is 0 Å². The molecular weight excluding hydrogens is 651 g/mol. The summed E-state index contributed by atoms with van der Waals surface area (Å²) in [5.41, 5.74) is 5.33. The Morgan fingerprint density at radius 1 is 0.720 bits per heavy atom. The van der Waals surface area contributed by atoms with Gasteiger partial charge in [-0.25, -0.2) is 4.57 Å². The van der Waals surface area contributed by atoms with E-state index in [9.17, 15) is 24.5 Å². The molecule has 0 spiro atoms. The van der Waals surface area contributed by atoms with E-state index in [1.165, 1.54) is 83.1 Å². The quantitative estimate of drug-likeness (QED) is 0.0243. The van der Waals surface area contributed by atoms with E-state index in [0.717, 1.165) is 51.4 Å². The molecule has 0 aromatic heterocycles. The van der Waals surface area contributed by atoms with Crippen molar-refractivity contribution in [2.45, 2.75) is 180 Å². The first-order chi connectivity index (χ1) is 24.3. The third kappa shape index (κ3) is 33.6. The molecule has 0 saturated heterocycles. The Hall–Kier alpha value is -1.58. The lowest BCUT2D eigenvalue weighted by atomic mass is 10.0. The Labute approximate surface area is 305 Å². The van der Waals surface area contributed by atoms with Crippen LogP contribution in [0.3, 0.4) is 0 Å². The molecule has 0 aliphatic heterocycles. The van der Waals surface area contributed by atoms with Crippen LogP contribution in [-0.4, -0.2) is 59.0 Å². The Kier molecular flexibility index (Phi) is 34.7. The molecule has 292 valence electrons. The number of allylic oxidation sites excluding steroid dienone is 7. The zero-order chi connectivity index (χ0) is 37.0. The minimum atomic E-state index is -4.40. The van der Waals surface area contributed by atoms with Crippen LogP contribution in [0.4, 0.5) is 0 Å². The SMILES string of the molecule is C/C=C/CC/C=C/CC/C=C/C(O)C(COP(=O)(O)OCCN)NC(=O)CC(O)CCCCCCC/C=C\CCCCCCCCCCCC. The minimum Gasteiger partial charge on any atom is -0.393 e. The fourth-order valence-corrected chi connectivity index (χ4v) is 6.26. The average molecular weight is 727 g/mol. The van der Waals surface area contributed by atoms with Gasteiger partial charge in [0.15, 0.2) is 0 Å². The van der Waals surface area contributed by atoms with Gasteiger partial charge in [-0.2, -0.15) is 0 Å². The van der Waals surface area contributed by atoms with Gasteiger partial charge in [0.25, 0.3) is 0 Å². The highest BCUT2D eigenvalue weighted by molar-refractivity contribution is 7.47. The van der Waals surface area contributed by atoms with E-state index in [0.29, 0.717) is 12.8 Å². The van der Waals surface area contributed by atoms with Gasteiger partial charge in [-0.1, -0.05) is 139 Å². The molecule has 1 amide bonds.